The number of ether oxygens (including phenoxy) is 6. The van der Waals surface area contributed by atoms with E-state index in [-0.39, 0.29) is 80.8 Å². The number of cyclic esters (lactones) is 1. The molecule has 3 saturated heterocycles. The van der Waals surface area contributed by atoms with Crippen molar-refractivity contribution in [3.63, 3.8) is 0 Å². The lowest BCUT2D eigenvalue weighted by atomic mass is 9.44. The smallest absolute Gasteiger partial charge is 0.311 e. The minimum atomic E-state index is -2.26. The Kier molecular flexibility index (Phi) is 26.7. The highest BCUT2D eigenvalue weighted by Gasteiger charge is 2.77. The molecule has 0 unspecified atom stereocenters. The van der Waals surface area contributed by atoms with Crippen molar-refractivity contribution in [1.82, 2.24) is 39.3 Å². The van der Waals surface area contributed by atoms with Crippen LogP contribution in [-0.2, 0) is 61.5 Å². The van der Waals surface area contributed by atoms with E-state index in [0.717, 1.165) is 18.2 Å². The summed E-state index contributed by atoms with van der Waals surface area (Å²) in [5.41, 5.74) is -13.0. The van der Waals surface area contributed by atoms with E-state index in [4.69, 9.17) is 28.4 Å². The number of aliphatic hydroxyl groups excluding tert-OH is 4. The maximum atomic E-state index is 16.9. The fourth-order valence-corrected chi connectivity index (χ4v) is 18.9. The molecule has 25 nitrogen and oxygen atoms in total. The van der Waals surface area contributed by atoms with Crippen LogP contribution in [0.5, 0.6) is 0 Å². The number of ketones is 1. The summed E-state index contributed by atoms with van der Waals surface area (Å²) in [6, 6.07) is 1.22. The molecule has 0 amide bonds. The normalized spacial score (nSPS) is 42.4. The first-order valence-corrected chi connectivity index (χ1v) is 36.8. The van der Waals surface area contributed by atoms with E-state index in [1.165, 1.54) is 73.8 Å². The molecule has 3 aliphatic heterocycles. The topological polar surface area (TPSA) is 336 Å². The Balaban J connectivity index is 0.000000219. The van der Waals surface area contributed by atoms with E-state index >= 15 is 8.78 Å². The van der Waals surface area contributed by atoms with Crippen molar-refractivity contribution >= 4 is 28.6 Å². The van der Waals surface area contributed by atoms with Crippen molar-refractivity contribution in [2.75, 3.05) is 40.8 Å². The van der Waals surface area contributed by atoms with E-state index in [0.29, 0.717) is 24.7 Å². The Bertz CT molecular complexity index is 3420. The van der Waals surface area contributed by atoms with Crippen molar-refractivity contribution in [3.05, 3.63) is 84.5 Å². The molecule has 6 fully saturated rings. The standard InChI is InChI=1S/C38H72N2O12.C22H27F3O4S.C13H12F2N6O/c1-15-27-38(10,46)31(42)24(6)40(13)19-20(2)17-36(8,45)33(52-35-29(41)26(39(11)12)16-21(3)48-35)22(4)30(23(5)34(44)50-27)51-28-18-37(9,47-14)32(43)25(7)49-28;1-11-6-13-14-8-16(24)15-7-12(26)4-5-19(15,2)21(14,25)17(27)9-20(13,3)22(11,29)18(28)30-10-23;14-10-1-2-11(12(15)3-10)13(22,4-20-8-16-6-18-20)5-21-9-17-7-19-21/h20-33,35,41-43,45-46H,15-19H2,1-14H3;4-5,7,11,13-14,16-17,27,29H,6,8-10H2,1-3H3;1-3,6-9,22H,4-5H2/t20-,21-,22+,23-,24-,25+,26+,27-,28+,29-,30+,31-,32+,33-,35+,36-,37-,38-;11-,13+,14+,16+,17+,19+,20+,21+,22+;/m11./s1. The Morgan fingerprint density at radius 3 is 2.04 bits per heavy atom. The quantitative estimate of drug-likeness (QED) is 0.0667. The summed E-state index contributed by atoms with van der Waals surface area (Å²) in [6.45, 7) is 22.7. The van der Waals surface area contributed by atoms with Crippen LogP contribution in [0.25, 0.3) is 0 Å². The zero-order chi connectivity index (χ0) is 77.5. The van der Waals surface area contributed by atoms with Gasteiger partial charge in [-0.25, -0.2) is 41.3 Å². The third kappa shape index (κ3) is 16.5. The second-order valence-corrected chi connectivity index (χ2v) is 32.7. The van der Waals surface area contributed by atoms with Crippen LogP contribution in [-0.4, -0.2) is 252 Å². The van der Waals surface area contributed by atoms with Crippen molar-refractivity contribution in [3.8, 4) is 0 Å². The number of carbonyl (C=O) groups is 3. The number of likely N-dealkylation sites (N-methyl/N-ethyl adjacent to an activating group) is 2. The van der Waals surface area contributed by atoms with Crippen LogP contribution in [0.1, 0.15) is 141 Å². The lowest BCUT2D eigenvalue weighted by Crippen LogP contribution is -2.70. The van der Waals surface area contributed by atoms with Gasteiger partial charge in [-0.15, -0.1) is 0 Å². The molecule has 104 heavy (non-hydrogen) atoms. The Morgan fingerprint density at radius 1 is 0.856 bits per heavy atom. The molecule has 0 spiro atoms. The maximum Gasteiger partial charge on any atom is 0.311 e. The number of allylic oxidation sites excluding steroid dienone is 4. The van der Waals surface area contributed by atoms with Crippen molar-refractivity contribution in [2.45, 2.75) is 267 Å². The Labute approximate surface area is 610 Å². The Morgan fingerprint density at radius 2 is 1.48 bits per heavy atom. The number of esters is 1. The fourth-order valence-electron chi connectivity index (χ4n) is 18.1. The van der Waals surface area contributed by atoms with Gasteiger partial charge >= 0.3 is 5.97 Å². The monoisotopic (exact) mass is 1500 g/mol. The van der Waals surface area contributed by atoms with Gasteiger partial charge < -0.3 is 79.1 Å². The van der Waals surface area contributed by atoms with Gasteiger partial charge in [0.2, 0.25) is 5.12 Å². The number of fused-ring (bicyclic) bond motifs is 5. The summed E-state index contributed by atoms with van der Waals surface area (Å²) in [5.74, 6) is -6.72. The SMILES string of the molecule is CC[C@H]1OC(=O)[C@H](C)[C@@H](O[C@H]2C[C@@](C)(OC)[C@@H](O)[C@H](C)O2)[C@H](C)[C@@H](O[C@@H]2O[C@H](C)C[C@H](N(C)C)[C@H]2O)[C@](C)(O)C[C@@H](C)CN(C)[C@H](C)[C@@H](O)[C@]1(C)O.C[C@@H]1C[C@H]2[C@@H]3C[C@H](F)C4=CC(=O)C=C[C@]4(C)[C@@]3(F)[C@@H](O)C[C@]2(C)[C@@]1(O)C(=O)SCF.OC(Cn1cncn1)(Cn1cncn1)c1ccc(F)cc1F. The first-order chi connectivity index (χ1) is 48.3. The number of hydrogen-bond donors (Lipinski definition) is 8. The van der Waals surface area contributed by atoms with Crippen LogP contribution in [0.3, 0.4) is 0 Å². The van der Waals surface area contributed by atoms with Crippen molar-refractivity contribution in [1.29, 1.82) is 0 Å². The highest BCUT2D eigenvalue weighted by Crippen LogP contribution is 2.71. The molecule has 4 aliphatic carbocycles. The van der Waals surface area contributed by atoms with Gasteiger partial charge in [-0.3, -0.25) is 14.4 Å². The second kappa shape index (κ2) is 32.8. The van der Waals surface area contributed by atoms with Gasteiger partial charge in [0.1, 0.15) is 90.3 Å². The summed E-state index contributed by atoms with van der Waals surface area (Å²) in [6.07, 6.45) is -2.49. The zero-order valence-corrected chi connectivity index (χ0v) is 63.5. The molecule has 3 aromatic rings. The van der Waals surface area contributed by atoms with Crippen molar-refractivity contribution < 1.29 is 106 Å². The van der Waals surface area contributed by atoms with Crippen LogP contribution in [0.2, 0.25) is 0 Å². The predicted octanol–water partition coefficient (Wildman–Crippen LogP) is 6.11. The van der Waals surface area contributed by atoms with E-state index in [1.54, 1.807) is 55.4 Å². The van der Waals surface area contributed by atoms with Crippen LogP contribution in [0.4, 0.5) is 22.0 Å². The first-order valence-electron chi connectivity index (χ1n) is 35.8. The fraction of sp³-hybridized carbons (Fsp3) is 0.767. The van der Waals surface area contributed by atoms with Gasteiger partial charge in [-0.05, 0) is 157 Å². The van der Waals surface area contributed by atoms with E-state index in [9.17, 15) is 68.4 Å². The minimum absolute atomic E-state index is 0.0294. The van der Waals surface area contributed by atoms with Crippen LogP contribution >= 0.6 is 11.8 Å². The van der Waals surface area contributed by atoms with Crippen LogP contribution < -0.4 is 0 Å². The molecule has 2 aromatic heterocycles. The number of rotatable bonds is 14. The lowest BCUT2D eigenvalue weighted by molar-refractivity contribution is -0.318. The molecule has 5 heterocycles. The van der Waals surface area contributed by atoms with Gasteiger partial charge in [0.15, 0.2) is 24.0 Å². The average molecular weight is 1500 g/mol. The van der Waals surface area contributed by atoms with E-state index in [2.05, 4.69) is 20.2 Å². The second-order valence-electron chi connectivity index (χ2n) is 31.8. The number of aromatic nitrogens is 6. The number of hydrogen-bond acceptors (Lipinski definition) is 24. The number of alkyl halides is 3. The number of methoxy groups -OCH3 is 1. The molecule has 7 aliphatic rings. The summed E-state index contributed by atoms with van der Waals surface area (Å²) in [7, 11) is 7.12. The van der Waals surface area contributed by atoms with Gasteiger partial charge in [0, 0.05) is 66.5 Å². The molecule has 1 aromatic carbocycles. The number of benzene rings is 1. The van der Waals surface area contributed by atoms with Crippen LogP contribution in [0, 0.1) is 58.0 Å². The molecule has 0 bridgehead atoms. The third-order valence-corrected chi connectivity index (χ3v) is 24.8. The molecule has 27 atom stereocenters. The molecular formula is C73H111F5N8O17S. The summed E-state index contributed by atoms with van der Waals surface area (Å²) < 4.78 is 113. The minimum Gasteiger partial charge on any atom is -0.459 e. The van der Waals surface area contributed by atoms with Gasteiger partial charge in [-0.1, -0.05) is 58.5 Å². The number of thioether (sulfide) groups is 1. The number of aliphatic hydroxyl groups is 8. The predicted molar refractivity (Wildman–Crippen MR) is 371 cm³/mol. The number of halogens is 5. The van der Waals surface area contributed by atoms with Gasteiger partial charge in [0.05, 0.1) is 60.7 Å². The average Bonchev–Trinajstić information content (AvgIpc) is 1.34. The highest BCUT2D eigenvalue weighted by molar-refractivity contribution is 8.13. The zero-order valence-electron chi connectivity index (χ0n) is 62.7. The van der Waals surface area contributed by atoms with Gasteiger partial charge in [-0.2, -0.15) is 10.2 Å². The molecular weight excluding hydrogens is 1390 g/mol. The molecule has 8 N–H and O–H groups in total. The highest BCUT2D eigenvalue weighted by atomic mass is 32.2. The van der Waals surface area contributed by atoms with Crippen LogP contribution in [0.15, 0.2) is 67.3 Å². The van der Waals surface area contributed by atoms with Crippen molar-refractivity contribution in [2.24, 2.45) is 46.3 Å². The number of nitrogens with zero attached hydrogens (tertiary/aromatic N) is 8. The summed E-state index contributed by atoms with van der Waals surface area (Å²) in [4.78, 5) is 50.2. The molecule has 586 valence electrons. The summed E-state index contributed by atoms with van der Waals surface area (Å²) >= 11 is 0.371. The molecule has 3 saturated carbocycles. The lowest BCUT2D eigenvalue weighted by Gasteiger charge is -2.63. The largest absolute Gasteiger partial charge is 0.459 e. The molecule has 0 radical (unpaired) electrons. The molecule has 10 rings (SSSR count). The molecule has 31 heteroatoms. The summed E-state index contributed by atoms with van der Waals surface area (Å²) in [5, 5.41) is 98.8. The Hall–Kier alpha value is -4.81. The third-order valence-electron chi connectivity index (χ3n) is 24.1. The van der Waals surface area contributed by atoms with E-state index in [1.807, 2.05) is 51.7 Å². The first kappa shape index (κ1) is 84.8. The van der Waals surface area contributed by atoms with E-state index < -0.39 is 182 Å². The van der Waals surface area contributed by atoms with Gasteiger partial charge in [0.25, 0.3) is 0 Å². The number of carbonyl (C=O) groups excluding carboxylic acids is 3. The maximum absolute atomic E-state index is 16.9.